The molecule has 0 amide bonds. The first-order chi connectivity index (χ1) is 12.4. The topological polar surface area (TPSA) is 15.3 Å². The van der Waals surface area contributed by atoms with Crippen LogP contribution in [0.1, 0.15) is 12.5 Å². The standard InChI is InChI=1S/C20H23F3N2S/c1-3-26-24-19-17(25(2)13-20(19,22)23)12-15-10-7-11-16(18(15)21)14-8-5-4-6-9-14/h4-11,17,19,24H,3,12-13H2,1-2H3. The maximum Gasteiger partial charge on any atom is 0.277 e. The van der Waals surface area contributed by atoms with Gasteiger partial charge in [-0.1, -0.05) is 67.4 Å². The van der Waals surface area contributed by atoms with E-state index in [2.05, 4.69) is 4.72 Å². The van der Waals surface area contributed by atoms with Gasteiger partial charge in [-0.15, -0.1) is 0 Å². The molecule has 0 spiro atoms. The Morgan fingerprint density at radius 2 is 1.88 bits per heavy atom. The van der Waals surface area contributed by atoms with E-state index in [-0.39, 0.29) is 18.8 Å². The van der Waals surface area contributed by atoms with Crippen LogP contribution >= 0.6 is 11.9 Å². The van der Waals surface area contributed by atoms with Crippen LogP contribution in [0.3, 0.4) is 0 Å². The van der Waals surface area contributed by atoms with Crippen molar-refractivity contribution in [1.82, 2.24) is 9.62 Å². The van der Waals surface area contributed by atoms with Gasteiger partial charge in [0.05, 0.1) is 12.6 Å². The van der Waals surface area contributed by atoms with Crippen molar-refractivity contribution >= 4 is 11.9 Å². The third-order valence-electron chi connectivity index (χ3n) is 4.81. The number of hydrogen-bond acceptors (Lipinski definition) is 3. The highest BCUT2D eigenvalue weighted by atomic mass is 32.2. The fourth-order valence-electron chi connectivity index (χ4n) is 3.50. The van der Waals surface area contributed by atoms with Gasteiger partial charge in [-0.25, -0.2) is 13.2 Å². The second-order valence-corrected chi connectivity index (χ2v) is 7.72. The number of alkyl halides is 2. The summed E-state index contributed by atoms with van der Waals surface area (Å²) in [6, 6.07) is 13.0. The normalized spacial score (nSPS) is 22.7. The zero-order valence-electron chi connectivity index (χ0n) is 14.9. The molecule has 0 radical (unpaired) electrons. The van der Waals surface area contributed by atoms with Crippen molar-refractivity contribution in [2.24, 2.45) is 0 Å². The van der Waals surface area contributed by atoms with Crippen LogP contribution in [-0.4, -0.2) is 42.3 Å². The van der Waals surface area contributed by atoms with E-state index < -0.39 is 18.0 Å². The number of halogens is 3. The lowest BCUT2D eigenvalue weighted by atomic mass is 9.95. The van der Waals surface area contributed by atoms with Gasteiger partial charge in [-0.3, -0.25) is 9.62 Å². The van der Waals surface area contributed by atoms with E-state index >= 15 is 4.39 Å². The third-order valence-corrected chi connectivity index (χ3v) is 5.52. The number of likely N-dealkylation sites (tertiary alicyclic amines) is 1. The molecule has 0 aliphatic carbocycles. The summed E-state index contributed by atoms with van der Waals surface area (Å²) in [5, 5.41) is 0. The van der Waals surface area contributed by atoms with E-state index in [0.29, 0.717) is 16.9 Å². The highest BCUT2D eigenvalue weighted by Gasteiger charge is 2.53. The van der Waals surface area contributed by atoms with Crippen molar-refractivity contribution in [3.63, 3.8) is 0 Å². The molecule has 2 aromatic rings. The second kappa shape index (κ2) is 8.03. The van der Waals surface area contributed by atoms with Crippen LogP contribution in [-0.2, 0) is 6.42 Å². The molecule has 0 saturated carbocycles. The fraction of sp³-hybridized carbons (Fsp3) is 0.400. The summed E-state index contributed by atoms with van der Waals surface area (Å²) in [7, 11) is 1.68. The number of nitrogens with zero attached hydrogens (tertiary/aromatic N) is 1. The maximum absolute atomic E-state index is 15.1. The van der Waals surface area contributed by atoms with Crippen LogP contribution in [0.5, 0.6) is 0 Å². The summed E-state index contributed by atoms with van der Waals surface area (Å²) in [5.41, 5.74) is 1.75. The van der Waals surface area contributed by atoms with Crippen LogP contribution < -0.4 is 4.72 Å². The molecule has 140 valence electrons. The molecule has 1 fully saturated rings. The first-order valence-corrected chi connectivity index (χ1v) is 9.70. The molecule has 0 bridgehead atoms. The first kappa shape index (κ1) is 19.3. The molecule has 1 saturated heterocycles. The zero-order valence-corrected chi connectivity index (χ0v) is 15.7. The molecular formula is C20H23F3N2S. The summed E-state index contributed by atoms with van der Waals surface area (Å²) in [5.74, 6) is -2.47. The van der Waals surface area contributed by atoms with Gasteiger partial charge in [-0.2, -0.15) is 0 Å². The van der Waals surface area contributed by atoms with Gasteiger partial charge in [-0.05, 0) is 24.6 Å². The van der Waals surface area contributed by atoms with Gasteiger partial charge in [0, 0.05) is 17.4 Å². The van der Waals surface area contributed by atoms with Gasteiger partial charge in [0.25, 0.3) is 5.92 Å². The van der Waals surface area contributed by atoms with E-state index in [9.17, 15) is 8.78 Å². The molecule has 1 aliphatic rings. The monoisotopic (exact) mass is 380 g/mol. The minimum Gasteiger partial charge on any atom is -0.295 e. The van der Waals surface area contributed by atoms with Crippen molar-refractivity contribution in [1.29, 1.82) is 0 Å². The number of benzene rings is 2. The van der Waals surface area contributed by atoms with Gasteiger partial charge in [0.1, 0.15) is 5.82 Å². The van der Waals surface area contributed by atoms with Gasteiger partial charge in [0.15, 0.2) is 0 Å². The van der Waals surface area contributed by atoms with Gasteiger partial charge in [0.2, 0.25) is 0 Å². The number of likely N-dealkylation sites (N-methyl/N-ethyl adjacent to an activating group) is 1. The lowest BCUT2D eigenvalue weighted by Gasteiger charge is -2.26. The Labute approximate surface area is 156 Å². The number of nitrogens with one attached hydrogen (secondary N) is 1. The van der Waals surface area contributed by atoms with Crippen LogP contribution in [0.25, 0.3) is 11.1 Å². The predicted octanol–water partition coefficient (Wildman–Crippen LogP) is 4.61. The van der Waals surface area contributed by atoms with Crippen molar-refractivity contribution in [2.75, 3.05) is 19.3 Å². The molecule has 1 aliphatic heterocycles. The Morgan fingerprint density at radius 1 is 1.15 bits per heavy atom. The molecule has 2 atom stereocenters. The Morgan fingerprint density at radius 3 is 2.58 bits per heavy atom. The average Bonchev–Trinajstić information content (AvgIpc) is 2.83. The Balaban J connectivity index is 1.88. The summed E-state index contributed by atoms with van der Waals surface area (Å²) >= 11 is 1.28. The fourth-order valence-corrected chi connectivity index (χ4v) is 4.17. The van der Waals surface area contributed by atoms with E-state index in [1.165, 1.54) is 11.9 Å². The molecule has 2 unspecified atom stereocenters. The molecule has 0 aromatic heterocycles. The summed E-state index contributed by atoms with van der Waals surface area (Å²) in [6.45, 7) is 1.59. The Kier molecular flexibility index (Phi) is 5.95. The maximum atomic E-state index is 15.1. The van der Waals surface area contributed by atoms with Crippen LogP contribution in [0.2, 0.25) is 0 Å². The summed E-state index contributed by atoms with van der Waals surface area (Å²) < 4.78 is 46.7. The van der Waals surface area contributed by atoms with Crippen LogP contribution in [0.4, 0.5) is 13.2 Å². The molecule has 1 heterocycles. The van der Waals surface area contributed by atoms with Crippen molar-refractivity contribution in [3.8, 4) is 11.1 Å². The molecule has 26 heavy (non-hydrogen) atoms. The van der Waals surface area contributed by atoms with Crippen LogP contribution in [0, 0.1) is 5.82 Å². The molecule has 6 heteroatoms. The van der Waals surface area contributed by atoms with Gasteiger partial charge < -0.3 is 0 Å². The smallest absolute Gasteiger partial charge is 0.277 e. The number of hydrogen-bond donors (Lipinski definition) is 1. The van der Waals surface area contributed by atoms with Crippen LogP contribution in [0.15, 0.2) is 48.5 Å². The largest absolute Gasteiger partial charge is 0.295 e. The average molecular weight is 380 g/mol. The molecule has 2 aromatic carbocycles. The van der Waals surface area contributed by atoms with Gasteiger partial charge >= 0.3 is 0 Å². The zero-order chi connectivity index (χ0) is 18.7. The van der Waals surface area contributed by atoms with E-state index in [1.54, 1.807) is 30.1 Å². The van der Waals surface area contributed by atoms with E-state index in [0.717, 1.165) is 5.56 Å². The quantitative estimate of drug-likeness (QED) is 0.737. The SMILES string of the molecule is CCSNC1C(Cc2cccc(-c3ccccc3)c2F)N(C)CC1(F)F. The minimum atomic E-state index is -2.84. The highest BCUT2D eigenvalue weighted by molar-refractivity contribution is 7.97. The Hall–Kier alpha value is -1.50. The second-order valence-electron chi connectivity index (χ2n) is 6.62. The summed E-state index contributed by atoms with van der Waals surface area (Å²) in [6.07, 6.45) is 0.237. The lowest BCUT2D eigenvalue weighted by molar-refractivity contribution is -0.00424. The third kappa shape index (κ3) is 3.92. The first-order valence-electron chi connectivity index (χ1n) is 8.72. The molecule has 2 nitrogen and oxygen atoms in total. The minimum absolute atomic E-state index is 0.237. The molecule has 1 N–H and O–H groups in total. The lowest BCUT2D eigenvalue weighted by Crippen LogP contribution is -2.46. The van der Waals surface area contributed by atoms with E-state index in [1.807, 2.05) is 37.3 Å². The van der Waals surface area contributed by atoms with E-state index in [4.69, 9.17) is 0 Å². The summed E-state index contributed by atoms with van der Waals surface area (Å²) in [4.78, 5) is 1.63. The predicted molar refractivity (Wildman–Crippen MR) is 102 cm³/mol. The number of rotatable bonds is 6. The Bertz CT molecular complexity index is 739. The molecular weight excluding hydrogens is 357 g/mol. The van der Waals surface area contributed by atoms with Crippen molar-refractivity contribution < 1.29 is 13.2 Å². The molecule has 3 rings (SSSR count). The van der Waals surface area contributed by atoms with Crippen molar-refractivity contribution in [2.45, 2.75) is 31.4 Å². The highest BCUT2D eigenvalue weighted by Crippen LogP contribution is 2.35. The van der Waals surface area contributed by atoms with Crippen molar-refractivity contribution in [3.05, 3.63) is 59.9 Å².